The maximum absolute atomic E-state index is 12.2. The van der Waals surface area contributed by atoms with Crippen molar-refractivity contribution in [3.63, 3.8) is 0 Å². The van der Waals surface area contributed by atoms with E-state index < -0.39 is 12.8 Å². The van der Waals surface area contributed by atoms with Crippen molar-refractivity contribution in [1.82, 2.24) is 0 Å². The van der Waals surface area contributed by atoms with Gasteiger partial charge in [-0.15, -0.1) is 0 Å². The summed E-state index contributed by atoms with van der Waals surface area (Å²) in [6.45, 7) is -0.259. The summed E-state index contributed by atoms with van der Waals surface area (Å²) in [7, 11) is 0. The summed E-state index contributed by atoms with van der Waals surface area (Å²) < 4.78 is 6.19. The number of carbonyl (C=O) groups is 1. The van der Waals surface area contributed by atoms with Gasteiger partial charge < -0.3 is 0 Å². The molecule has 26 heavy (non-hydrogen) atoms. The van der Waals surface area contributed by atoms with E-state index in [2.05, 4.69) is 0 Å². The fourth-order valence-corrected chi connectivity index (χ4v) is 7.81. The second-order valence-electron chi connectivity index (χ2n) is 6.41. The average molecular weight is 368 g/mol. The Morgan fingerprint density at radius 2 is 1.12 bits per heavy atom. The van der Waals surface area contributed by atoms with Gasteiger partial charge in [-0.2, -0.15) is 0 Å². The summed E-state index contributed by atoms with van der Waals surface area (Å²) in [5, 5.41) is 22.0. The van der Waals surface area contributed by atoms with Crippen LogP contribution in [0.25, 0.3) is 0 Å². The molecule has 4 nitrogen and oxygen atoms in total. The standard InChI is InChI=1S/C21H21O4P/c1-16(22)25-26(2,19-6-4-3-5-7-19,20-12-8-17(23)9-13-20)21-14-10-18(24)11-15-21/h3-15,23-24H,1-2H3. The molecule has 0 saturated carbocycles. The van der Waals surface area contributed by atoms with Gasteiger partial charge in [0.15, 0.2) is 0 Å². The molecule has 0 fully saturated rings. The van der Waals surface area contributed by atoms with Gasteiger partial charge in [-0.25, -0.2) is 0 Å². The van der Waals surface area contributed by atoms with E-state index in [1.54, 1.807) is 48.5 Å². The van der Waals surface area contributed by atoms with E-state index in [9.17, 15) is 15.0 Å². The van der Waals surface area contributed by atoms with E-state index in [1.807, 2.05) is 37.0 Å². The van der Waals surface area contributed by atoms with Crippen molar-refractivity contribution in [2.24, 2.45) is 0 Å². The number of benzene rings is 3. The van der Waals surface area contributed by atoms with Gasteiger partial charge in [0.2, 0.25) is 0 Å². The predicted molar refractivity (Wildman–Crippen MR) is 106 cm³/mol. The summed E-state index contributed by atoms with van der Waals surface area (Å²) in [4.78, 5) is 12.2. The van der Waals surface area contributed by atoms with E-state index in [4.69, 9.17) is 4.52 Å². The zero-order valence-electron chi connectivity index (χ0n) is 14.7. The Balaban J connectivity index is 2.44. The summed E-state index contributed by atoms with van der Waals surface area (Å²) in [5.41, 5.74) is 0. The Hall–Kier alpha value is -2.84. The van der Waals surface area contributed by atoms with Gasteiger partial charge in [0.1, 0.15) is 0 Å². The van der Waals surface area contributed by atoms with Crippen LogP contribution in [-0.2, 0) is 9.32 Å². The number of carbonyl (C=O) groups excluding carboxylic acids is 1. The molecule has 0 amide bonds. The third-order valence-electron chi connectivity index (χ3n) is 4.68. The van der Waals surface area contributed by atoms with Crippen molar-refractivity contribution in [3.8, 4) is 11.5 Å². The number of hydrogen-bond acceptors (Lipinski definition) is 4. The first-order valence-electron chi connectivity index (χ1n) is 8.21. The van der Waals surface area contributed by atoms with Crippen LogP contribution in [0.5, 0.6) is 11.5 Å². The first-order valence-corrected chi connectivity index (χ1v) is 10.8. The van der Waals surface area contributed by atoms with Crippen LogP contribution in [0.1, 0.15) is 6.92 Å². The second-order valence-corrected chi connectivity index (χ2v) is 11.1. The van der Waals surface area contributed by atoms with Crippen molar-refractivity contribution in [1.29, 1.82) is 0 Å². The second kappa shape index (κ2) is 6.47. The van der Waals surface area contributed by atoms with Crippen LogP contribution in [0, 0.1) is 0 Å². The van der Waals surface area contributed by atoms with Crippen molar-refractivity contribution in [2.45, 2.75) is 6.92 Å². The van der Waals surface area contributed by atoms with E-state index in [0.29, 0.717) is 0 Å². The number of phenolic OH excluding ortho intramolecular Hbond substituents is 2. The summed E-state index contributed by atoms with van der Waals surface area (Å²) >= 11 is 0. The summed E-state index contributed by atoms with van der Waals surface area (Å²) in [6.07, 6.45) is 0. The van der Waals surface area contributed by atoms with Crippen LogP contribution in [0.2, 0.25) is 0 Å². The van der Waals surface area contributed by atoms with E-state index in [-0.39, 0.29) is 11.5 Å². The van der Waals surface area contributed by atoms with Crippen LogP contribution in [0.4, 0.5) is 0 Å². The molecule has 0 heterocycles. The third-order valence-corrected chi connectivity index (χ3v) is 10.0. The van der Waals surface area contributed by atoms with Crippen LogP contribution >= 0.6 is 6.83 Å². The van der Waals surface area contributed by atoms with Gasteiger partial charge >= 0.3 is 152 Å². The van der Waals surface area contributed by atoms with Gasteiger partial charge in [-0.05, 0) is 0 Å². The number of aromatic hydroxyl groups is 2. The molecule has 0 aliphatic heterocycles. The molecule has 0 aliphatic rings. The van der Waals surface area contributed by atoms with Crippen LogP contribution in [0.15, 0.2) is 78.9 Å². The maximum atomic E-state index is 12.2. The molecule has 0 bridgehead atoms. The average Bonchev–Trinajstić information content (AvgIpc) is 2.63. The van der Waals surface area contributed by atoms with Crippen molar-refractivity contribution >= 4 is 28.7 Å². The third kappa shape index (κ3) is 2.83. The minimum atomic E-state index is -3.62. The van der Waals surface area contributed by atoms with Crippen LogP contribution < -0.4 is 15.9 Å². The SMILES string of the molecule is CC(=O)OP(C)(c1ccccc1)(c1ccc(O)cc1)c1ccc(O)cc1. The fourth-order valence-electron chi connectivity index (χ4n) is 3.34. The van der Waals surface area contributed by atoms with Crippen LogP contribution in [0.3, 0.4) is 0 Å². The van der Waals surface area contributed by atoms with Gasteiger partial charge in [0.05, 0.1) is 0 Å². The van der Waals surface area contributed by atoms with Gasteiger partial charge in [-0.3, -0.25) is 0 Å². The van der Waals surface area contributed by atoms with Gasteiger partial charge in [0, 0.05) is 0 Å². The number of rotatable bonds is 4. The number of phenols is 2. The van der Waals surface area contributed by atoms with Crippen molar-refractivity contribution in [2.75, 3.05) is 6.66 Å². The molecule has 0 atom stereocenters. The van der Waals surface area contributed by atoms with Gasteiger partial charge in [0.25, 0.3) is 0 Å². The van der Waals surface area contributed by atoms with E-state index in [1.165, 1.54) is 6.92 Å². The first-order chi connectivity index (χ1) is 12.3. The molecule has 0 aromatic heterocycles. The van der Waals surface area contributed by atoms with Gasteiger partial charge in [-0.1, -0.05) is 0 Å². The Morgan fingerprint density at radius 1 is 0.731 bits per heavy atom. The Labute approximate surface area is 152 Å². The molecule has 3 aromatic rings. The molecule has 0 spiro atoms. The zero-order valence-corrected chi connectivity index (χ0v) is 15.6. The predicted octanol–water partition coefficient (Wildman–Crippen LogP) is 3.04. The molecule has 0 saturated heterocycles. The molecule has 3 rings (SSSR count). The molecular weight excluding hydrogens is 347 g/mol. The fraction of sp³-hybridized carbons (Fsp3) is 0.0952. The summed E-state index contributed by atoms with van der Waals surface area (Å²) in [6, 6.07) is 23.1. The Bertz CT molecular complexity index is 873. The number of hydrogen-bond donors (Lipinski definition) is 2. The van der Waals surface area contributed by atoms with E-state index >= 15 is 0 Å². The summed E-state index contributed by atoms with van der Waals surface area (Å²) in [5.74, 6) is -0.115. The molecule has 5 heteroatoms. The topological polar surface area (TPSA) is 66.8 Å². The zero-order chi connectivity index (χ0) is 18.8. The monoisotopic (exact) mass is 368 g/mol. The minimum absolute atomic E-state index is 0.139. The molecule has 134 valence electrons. The molecule has 0 unspecified atom stereocenters. The first kappa shape index (κ1) is 18.0. The van der Waals surface area contributed by atoms with Crippen molar-refractivity contribution in [3.05, 3.63) is 78.9 Å². The molecule has 0 aliphatic carbocycles. The quantitative estimate of drug-likeness (QED) is 0.695. The molecule has 0 radical (unpaired) electrons. The van der Waals surface area contributed by atoms with Crippen molar-refractivity contribution < 1.29 is 19.5 Å². The normalized spacial score (nSPS) is 12.8. The Kier molecular flexibility index (Phi) is 4.47. The molecule has 3 aromatic carbocycles. The molecule has 2 N–H and O–H groups in total. The molecular formula is C21H21O4P. The Morgan fingerprint density at radius 3 is 1.50 bits per heavy atom. The van der Waals surface area contributed by atoms with Crippen LogP contribution in [-0.4, -0.2) is 22.8 Å². The van der Waals surface area contributed by atoms with E-state index in [0.717, 1.165) is 15.9 Å².